The first-order valence-electron chi connectivity index (χ1n) is 7.02. The Morgan fingerprint density at radius 1 is 1.11 bits per heavy atom. The molecule has 0 aliphatic carbocycles. The highest BCUT2D eigenvalue weighted by Crippen LogP contribution is 2.19. The highest BCUT2D eigenvalue weighted by molar-refractivity contribution is 5.82. The van der Waals surface area contributed by atoms with Crippen LogP contribution in [0.1, 0.15) is 34.6 Å². The molecule has 0 atom stereocenters. The van der Waals surface area contributed by atoms with E-state index in [9.17, 15) is 9.59 Å². The molecule has 0 bridgehead atoms. The van der Waals surface area contributed by atoms with Gasteiger partial charge in [0.2, 0.25) is 11.8 Å². The average Bonchev–Trinajstić information content (AvgIpc) is 2.35. The maximum absolute atomic E-state index is 12.5. The van der Waals surface area contributed by atoms with E-state index >= 15 is 0 Å². The van der Waals surface area contributed by atoms with Crippen LogP contribution in [0, 0.1) is 5.41 Å². The Balaban J connectivity index is 2.52. The zero-order chi connectivity index (χ0) is 14.6. The summed E-state index contributed by atoms with van der Waals surface area (Å²) in [6, 6.07) is 0.377. The van der Waals surface area contributed by atoms with Crippen LogP contribution in [0.25, 0.3) is 0 Å². The summed E-state index contributed by atoms with van der Waals surface area (Å²) in [5.74, 6) is 0.261. The van der Waals surface area contributed by atoms with E-state index in [0.717, 1.165) is 0 Å². The fraction of sp³-hybridized carbons (Fsp3) is 0.857. The summed E-state index contributed by atoms with van der Waals surface area (Å²) >= 11 is 0. The lowest BCUT2D eigenvalue weighted by atomic mass is 9.90. The molecule has 0 spiro atoms. The van der Waals surface area contributed by atoms with Crippen LogP contribution < -0.4 is 5.32 Å². The Kier molecular flexibility index (Phi) is 5.35. The van der Waals surface area contributed by atoms with Crippen molar-refractivity contribution in [2.24, 2.45) is 5.41 Å². The fourth-order valence-corrected chi connectivity index (χ4v) is 2.19. The van der Waals surface area contributed by atoms with Crippen LogP contribution >= 0.6 is 0 Å². The molecule has 2 amide bonds. The van der Waals surface area contributed by atoms with Crippen LogP contribution in [0.15, 0.2) is 0 Å². The lowest BCUT2D eigenvalue weighted by Gasteiger charge is -2.38. The van der Waals surface area contributed by atoms with Gasteiger partial charge in [0.05, 0.1) is 5.41 Å². The zero-order valence-corrected chi connectivity index (χ0v) is 12.8. The molecule has 0 aromatic rings. The van der Waals surface area contributed by atoms with E-state index in [1.165, 1.54) is 0 Å². The van der Waals surface area contributed by atoms with Crippen molar-refractivity contribution in [2.45, 2.75) is 40.7 Å². The Hall–Kier alpha value is -1.10. The van der Waals surface area contributed by atoms with Gasteiger partial charge in [-0.1, -0.05) is 13.8 Å². The van der Waals surface area contributed by atoms with E-state index in [2.05, 4.69) is 19.2 Å². The third-order valence-corrected chi connectivity index (χ3v) is 3.54. The monoisotopic (exact) mass is 269 g/mol. The standard InChI is InChI=1S/C14H27N3O2/c1-11(2)15-10-14(4,5)13(19)17-8-6-16(7-9-17)12(3)18/h11,15H,6-10H2,1-5H3. The molecule has 110 valence electrons. The summed E-state index contributed by atoms with van der Waals surface area (Å²) in [5, 5.41) is 3.32. The van der Waals surface area contributed by atoms with Gasteiger partial charge in [-0.2, -0.15) is 0 Å². The summed E-state index contributed by atoms with van der Waals surface area (Å²) in [6.45, 7) is 12.9. The van der Waals surface area contributed by atoms with E-state index in [1.807, 2.05) is 18.7 Å². The van der Waals surface area contributed by atoms with Crippen LogP contribution in [-0.2, 0) is 9.59 Å². The van der Waals surface area contributed by atoms with E-state index in [4.69, 9.17) is 0 Å². The molecule has 0 aromatic heterocycles. The predicted octanol–water partition coefficient (Wildman–Crippen LogP) is 0.701. The number of nitrogens with one attached hydrogen (secondary N) is 1. The van der Waals surface area contributed by atoms with Gasteiger partial charge in [-0.25, -0.2) is 0 Å². The second kappa shape index (κ2) is 6.37. The van der Waals surface area contributed by atoms with Crippen molar-refractivity contribution in [1.29, 1.82) is 0 Å². The maximum atomic E-state index is 12.5. The molecule has 19 heavy (non-hydrogen) atoms. The van der Waals surface area contributed by atoms with Gasteiger partial charge in [0.1, 0.15) is 0 Å². The van der Waals surface area contributed by atoms with Crippen molar-refractivity contribution in [2.75, 3.05) is 32.7 Å². The number of rotatable bonds is 4. The largest absolute Gasteiger partial charge is 0.339 e. The molecule has 1 rings (SSSR count). The normalized spacial score (nSPS) is 16.9. The van der Waals surface area contributed by atoms with Crippen LogP contribution in [0.3, 0.4) is 0 Å². The number of hydrogen-bond acceptors (Lipinski definition) is 3. The molecule has 0 radical (unpaired) electrons. The molecule has 1 aliphatic heterocycles. The van der Waals surface area contributed by atoms with E-state index in [0.29, 0.717) is 38.8 Å². The van der Waals surface area contributed by atoms with Crippen molar-refractivity contribution < 1.29 is 9.59 Å². The van der Waals surface area contributed by atoms with Crippen LogP contribution in [0.5, 0.6) is 0 Å². The van der Waals surface area contributed by atoms with Gasteiger partial charge in [-0.05, 0) is 13.8 Å². The molecule has 1 aliphatic rings. The number of amides is 2. The zero-order valence-electron chi connectivity index (χ0n) is 12.8. The van der Waals surface area contributed by atoms with Crippen LogP contribution in [0.4, 0.5) is 0 Å². The molecule has 0 saturated carbocycles. The van der Waals surface area contributed by atoms with Gasteiger partial charge in [-0.15, -0.1) is 0 Å². The fourth-order valence-electron chi connectivity index (χ4n) is 2.19. The number of piperazine rings is 1. The van der Waals surface area contributed by atoms with Gasteiger partial charge in [0.15, 0.2) is 0 Å². The van der Waals surface area contributed by atoms with Gasteiger partial charge in [0, 0.05) is 45.7 Å². The molecule has 1 fully saturated rings. The molecule has 1 saturated heterocycles. The van der Waals surface area contributed by atoms with Crippen molar-refractivity contribution in [3.05, 3.63) is 0 Å². The molecule has 5 nitrogen and oxygen atoms in total. The molecule has 1 N–H and O–H groups in total. The first kappa shape index (κ1) is 16.0. The number of nitrogens with zero attached hydrogens (tertiary/aromatic N) is 2. The number of carbonyl (C=O) groups is 2. The Bertz CT molecular complexity index is 332. The highest BCUT2D eigenvalue weighted by atomic mass is 16.2. The Labute approximate surface area is 116 Å². The van der Waals surface area contributed by atoms with Gasteiger partial charge >= 0.3 is 0 Å². The van der Waals surface area contributed by atoms with Crippen LogP contribution in [-0.4, -0.2) is 60.4 Å². The molecular weight excluding hydrogens is 242 g/mol. The molecular formula is C14H27N3O2. The summed E-state index contributed by atoms with van der Waals surface area (Å²) in [4.78, 5) is 27.4. The van der Waals surface area contributed by atoms with E-state index < -0.39 is 5.41 Å². The van der Waals surface area contributed by atoms with Gasteiger partial charge in [0.25, 0.3) is 0 Å². The van der Waals surface area contributed by atoms with E-state index in [-0.39, 0.29) is 11.8 Å². The smallest absolute Gasteiger partial charge is 0.229 e. The third-order valence-electron chi connectivity index (χ3n) is 3.54. The maximum Gasteiger partial charge on any atom is 0.229 e. The lowest BCUT2D eigenvalue weighted by molar-refractivity contribution is -0.145. The molecule has 0 aromatic carbocycles. The number of carbonyl (C=O) groups excluding carboxylic acids is 2. The molecule has 0 unspecified atom stereocenters. The molecule has 1 heterocycles. The minimum Gasteiger partial charge on any atom is -0.339 e. The average molecular weight is 269 g/mol. The Morgan fingerprint density at radius 3 is 2.00 bits per heavy atom. The first-order chi connectivity index (χ1) is 8.74. The van der Waals surface area contributed by atoms with Gasteiger partial charge < -0.3 is 15.1 Å². The minimum absolute atomic E-state index is 0.0906. The van der Waals surface area contributed by atoms with Crippen molar-refractivity contribution in [3.63, 3.8) is 0 Å². The number of hydrogen-bond donors (Lipinski definition) is 1. The molecule has 5 heteroatoms. The second-order valence-corrected chi connectivity index (χ2v) is 6.22. The van der Waals surface area contributed by atoms with E-state index in [1.54, 1.807) is 11.8 Å². The Morgan fingerprint density at radius 2 is 1.58 bits per heavy atom. The topological polar surface area (TPSA) is 52.7 Å². The van der Waals surface area contributed by atoms with Crippen molar-refractivity contribution in [3.8, 4) is 0 Å². The highest BCUT2D eigenvalue weighted by Gasteiger charge is 2.33. The quantitative estimate of drug-likeness (QED) is 0.817. The van der Waals surface area contributed by atoms with Crippen molar-refractivity contribution in [1.82, 2.24) is 15.1 Å². The first-order valence-corrected chi connectivity index (χ1v) is 7.02. The second-order valence-electron chi connectivity index (χ2n) is 6.22. The van der Waals surface area contributed by atoms with Gasteiger partial charge in [-0.3, -0.25) is 9.59 Å². The summed E-state index contributed by atoms with van der Waals surface area (Å²) in [7, 11) is 0. The predicted molar refractivity (Wildman–Crippen MR) is 75.8 cm³/mol. The summed E-state index contributed by atoms with van der Waals surface area (Å²) < 4.78 is 0. The lowest BCUT2D eigenvalue weighted by Crippen LogP contribution is -2.54. The van der Waals surface area contributed by atoms with Crippen LogP contribution in [0.2, 0.25) is 0 Å². The summed E-state index contributed by atoms with van der Waals surface area (Å²) in [6.07, 6.45) is 0. The minimum atomic E-state index is -0.400. The SMILES string of the molecule is CC(=O)N1CCN(C(=O)C(C)(C)CNC(C)C)CC1. The summed E-state index contributed by atoms with van der Waals surface area (Å²) in [5.41, 5.74) is -0.400. The third kappa shape index (κ3) is 4.49. The van der Waals surface area contributed by atoms with Crippen molar-refractivity contribution >= 4 is 11.8 Å².